The van der Waals surface area contributed by atoms with Gasteiger partial charge in [0.05, 0.1) is 16.7 Å². The molecular formula is C14H21N3O4S2. The van der Waals surface area contributed by atoms with E-state index in [0.717, 1.165) is 31.7 Å². The van der Waals surface area contributed by atoms with Crippen LogP contribution in [0.5, 0.6) is 0 Å². The second-order valence-corrected chi connectivity index (χ2v) is 9.51. The molecule has 0 radical (unpaired) electrons. The van der Waals surface area contributed by atoms with E-state index in [9.17, 15) is 16.8 Å². The zero-order valence-electron chi connectivity index (χ0n) is 12.9. The van der Waals surface area contributed by atoms with Crippen LogP contribution in [0.4, 0.5) is 5.69 Å². The number of nitrogens with one attached hydrogen (secondary N) is 2. The fourth-order valence-electron chi connectivity index (χ4n) is 3.42. The standard InChI is InChI=1S/C14H21N3O4S2/c1-9-7-11-13(8-12(9)22(15,18)19)23(20,21)17-14(16-11)10-5-3-2-4-6-10/h7-8,10,14,16-17H,2-6H2,1H3,(H2,15,18,19). The van der Waals surface area contributed by atoms with Crippen LogP contribution < -0.4 is 15.2 Å². The molecule has 3 rings (SSSR count). The van der Waals surface area contributed by atoms with E-state index < -0.39 is 20.0 Å². The molecule has 1 aliphatic heterocycles. The Bertz CT molecular complexity index is 828. The van der Waals surface area contributed by atoms with E-state index >= 15 is 0 Å². The van der Waals surface area contributed by atoms with Gasteiger partial charge < -0.3 is 5.32 Å². The van der Waals surface area contributed by atoms with Crippen LogP contribution in [0, 0.1) is 12.8 Å². The zero-order chi connectivity index (χ0) is 16.8. The van der Waals surface area contributed by atoms with Gasteiger partial charge in [-0.1, -0.05) is 19.3 Å². The van der Waals surface area contributed by atoms with Crippen molar-refractivity contribution in [3.05, 3.63) is 17.7 Å². The molecule has 23 heavy (non-hydrogen) atoms. The number of anilines is 1. The Kier molecular flexibility index (Phi) is 4.16. The predicted octanol–water partition coefficient (Wildman–Crippen LogP) is 1.25. The minimum atomic E-state index is -3.97. The largest absolute Gasteiger partial charge is 0.368 e. The van der Waals surface area contributed by atoms with Crippen molar-refractivity contribution in [2.75, 3.05) is 5.32 Å². The Morgan fingerprint density at radius 3 is 2.43 bits per heavy atom. The minimum absolute atomic E-state index is 0.0702. The summed E-state index contributed by atoms with van der Waals surface area (Å²) in [7, 11) is -7.74. The molecule has 0 aromatic heterocycles. The SMILES string of the molecule is Cc1cc2c(cc1S(N)(=O)=O)S(=O)(=O)NC(C1CCCCC1)N2. The first-order valence-corrected chi connectivity index (χ1v) is 10.7. The third kappa shape index (κ3) is 3.23. The molecule has 0 saturated heterocycles. The van der Waals surface area contributed by atoms with Crippen LogP contribution in [0.25, 0.3) is 0 Å². The van der Waals surface area contributed by atoms with Crippen LogP contribution in [0.15, 0.2) is 21.9 Å². The Labute approximate surface area is 136 Å². The summed E-state index contributed by atoms with van der Waals surface area (Å²) >= 11 is 0. The third-order valence-electron chi connectivity index (χ3n) is 4.59. The first kappa shape index (κ1) is 16.7. The lowest BCUT2D eigenvalue weighted by Crippen LogP contribution is -2.49. The van der Waals surface area contributed by atoms with Gasteiger partial charge in [-0.25, -0.2) is 22.0 Å². The van der Waals surface area contributed by atoms with Gasteiger partial charge in [0.2, 0.25) is 20.0 Å². The van der Waals surface area contributed by atoms with Gasteiger partial charge in [-0.3, -0.25) is 0 Å². The molecule has 1 fully saturated rings. The molecule has 1 aromatic carbocycles. The molecule has 1 heterocycles. The molecule has 1 aliphatic carbocycles. The van der Waals surface area contributed by atoms with Crippen LogP contribution in [-0.2, 0) is 20.0 Å². The molecule has 1 aromatic rings. The number of benzene rings is 1. The van der Waals surface area contributed by atoms with Crippen LogP contribution in [0.1, 0.15) is 37.7 Å². The van der Waals surface area contributed by atoms with Crippen molar-refractivity contribution >= 4 is 25.7 Å². The van der Waals surface area contributed by atoms with Crippen LogP contribution >= 0.6 is 0 Å². The molecule has 4 N–H and O–H groups in total. The number of fused-ring (bicyclic) bond motifs is 1. The number of primary sulfonamides is 1. The van der Waals surface area contributed by atoms with Crippen molar-refractivity contribution < 1.29 is 16.8 Å². The third-order valence-corrected chi connectivity index (χ3v) is 7.12. The molecule has 2 aliphatic rings. The summed E-state index contributed by atoms with van der Waals surface area (Å²) in [5, 5.41) is 8.38. The number of nitrogens with two attached hydrogens (primary N) is 1. The Morgan fingerprint density at radius 1 is 1.17 bits per heavy atom. The van der Waals surface area contributed by atoms with E-state index in [2.05, 4.69) is 10.0 Å². The van der Waals surface area contributed by atoms with E-state index in [1.54, 1.807) is 13.0 Å². The second-order valence-electron chi connectivity index (χ2n) is 6.30. The highest BCUT2D eigenvalue weighted by Crippen LogP contribution is 2.35. The lowest BCUT2D eigenvalue weighted by molar-refractivity contribution is 0.306. The highest BCUT2D eigenvalue weighted by Gasteiger charge is 2.35. The van der Waals surface area contributed by atoms with E-state index in [1.165, 1.54) is 6.42 Å². The highest BCUT2D eigenvalue weighted by atomic mass is 32.2. The quantitative estimate of drug-likeness (QED) is 0.734. The van der Waals surface area contributed by atoms with Gasteiger partial charge in [0, 0.05) is 0 Å². The zero-order valence-corrected chi connectivity index (χ0v) is 14.5. The van der Waals surface area contributed by atoms with Gasteiger partial charge in [0.25, 0.3) is 0 Å². The van der Waals surface area contributed by atoms with E-state index in [0.29, 0.717) is 11.3 Å². The van der Waals surface area contributed by atoms with E-state index in [1.807, 2.05) is 0 Å². The normalized spacial score (nSPS) is 24.7. The van der Waals surface area contributed by atoms with Crippen molar-refractivity contribution in [3.63, 3.8) is 0 Å². The maximum Gasteiger partial charge on any atom is 0.244 e. The number of rotatable bonds is 2. The summed E-state index contributed by atoms with van der Waals surface area (Å²) in [4.78, 5) is -0.237. The van der Waals surface area contributed by atoms with Gasteiger partial charge in [0.15, 0.2) is 0 Å². The molecule has 0 amide bonds. The van der Waals surface area contributed by atoms with Crippen LogP contribution in [0.3, 0.4) is 0 Å². The van der Waals surface area contributed by atoms with Crippen LogP contribution in [-0.4, -0.2) is 23.0 Å². The molecule has 0 bridgehead atoms. The van der Waals surface area contributed by atoms with Crippen molar-refractivity contribution in [1.82, 2.24) is 4.72 Å². The van der Waals surface area contributed by atoms with Gasteiger partial charge in [-0.05, 0) is 43.4 Å². The summed E-state index contributed by atoms with van der Waals surface area (Å²) in [6.45, 7) is 1.60. The summed E-state index contributed by atoms with van der Waals surface area (Å²) < 4.78 is 50.9. The first-order valence-electron chi connectivity index (χ1n) is 7.65. The molecule has 1 saturated carbocycles. The van der Waals surface area contributed by atoms with Gasteiger partial charge in [0.1, 0.15) is 4.90 Å². The second kappa shape index (κ2) is 5.73. The monoisotopic (exact) mass is 359 g/mol. The number of aryl methyl sites for hydroxylation is 1. The summed E-state index contributed by atoms with van der Waals surface area (Å²) in [5.74, 6) is 0.241. The highest BCUT2D eigenvalue weighted by molar-refractivity contribution is 7.90. The topological polar surface area (TPSA) is 118 Å². The Balaban J connectivity index is 2.03. The lowest BCUT2D eigenvalue weighted by atomic mass is 9.87. The molecule has 1 atom stereocenters. The van der Waals surface area contributed by atoms with Crippen LogP contribution in [0.2, 0.25) is 0 Å². The maximum atomic E-state index is 12.5. The van der Waals surface area contributed by atoms with E-state index in [4.69, 9.17) is 5.14 Å². The number of hydrogen-bond acceptors (Lipinski definition) is 5. The van der Waals surface area contributed by atoms with Gasteiger partial charge >= 0.3 is 0 Å². The fraction of sp³-hybridized carbons (Fsp3) is 0.571. The van der Waals surface area contributed by atoms with Crippen molar-refractivity contribution in [1.29, 1.82) is 0 Å². The van der Waals surface area contributed by atoms with Gasteiger partial charge in [-0.2, -0.15) is 4.72 Å². The predicted molar refractivity (Wildman–Crippen MR) is 86.9 cm³/mol. The molecule has 9 heteroatoms. The number of hydrogen-bond donors (Lipinski definition) is 3. The molecule has 1 unspecified atom stereocenters. The van der Waals surface area contributed by atoms with Crippen molar-refractivity contribution in [2.45, 2.75) is 55.0 Å². The maximum absolute atomic E-state index is 12.5. The molecule has 0 spiro atoms. The average molecular weight is 359 g/mol. The molecule has 128 valence electrons. The van der Waals surface area contributed by atoms with Crippen molar-refractivity contribution in [2.24, 2.45) is 11.1 Å². The summed E-state index contributed by atoms with van der Waals surface area (Å²) in [5.41, 5.74) is 0.863. The average Bonchev–Trinajstić information content (AvgIpc) is 2.45. The Hall–Kier alpha value is -1.16. The van der Waals surface area contributed by atoms with E-state index in [-0.39, 0.29) is 21.9 Å². The Morgan fingerprint density at radius 2 is 1.83 bits per heavy atom. The smallest absolute Gasteiger partial charge is 0.244 e. The molecule has 7 nitrogen and oxygen atoms in total. The van der Waals surface area contributed by atoms with Gasteiger partial charge in [-0.15, -0.1) is 0 Å². The molecular weight excluding hydrogens is 338 g/mol. The summed E-state index contributed by atoms with van der Waals surface area (Å²) in [6.07, 6.45) is 4.98. The minimum Gasteiger partial charge on any atom is -0.368 e. The fourth-order valence-corrected chi connectivity index (χ4v) is 5.68. The lowest BCUT2D eigenvalue weighted by Gasteiger charge is -2.35. The first-order chi connectivity index (χ1) is 10.7. The summed E-state index contributed by atoms with van der Waals surface area (Å²) in [6, 6.07) is 2.68. The number of sulfonamides is 2. The van der Waals surface area contributed by atoms with Crippen molar-refractivity contribution in [3.8, 4) is 0 Å².